The van der Waals surface area contributed by atoms with Gasteiger partial charge in [0.05, 0.1) is 12.5 Å². The number of rotatable bonds is 8. The summed E-state index contributed by atoms with van der Waals surface area (Å²) in [5.74, 6) is 0.727. The number of anilines is 1. The highest BCUT2D eigenvalue weighted by Gasteiger charge is 2.06. The molecule has 1 aromatic carbocycles. The van der Waals surface area contributed by atoms with E-state index in [4.69, 9.17) is 4.42 Å². The Morgan fingerprint density at radius 3 is 2.56 bits per heavy atom. The van der Waals surface area contributed by atoms with E-state index in [0.717, 1.165) is 30.4 Å². The second-order valence-corrected chi connectivity index (χ2v) is 7.61. The van der Waals surface area contributed by atoms with Gasteiger partial charge in [-0.15, -0.1) is 0 Å². The summed E-state index contributed by atoms with van der Waals surface area (Å²) in [7, 11) is -3.29. The first kappa shape index (κ1) is 18.8. The fourth-order valence-electron chi connectivity index (χ4n) is 2.22. The van der Waals surface area contributed by atoms with Crippen LogP contribution in [-0.2, 0) is 21.2 Å². The zero-order valence-corrected chi connectivity index (χ0v) is 15.0. The van der Waals surface area contributed by atoms with Gasteiger partial charge in [-0.05, 0) is 49.2 Å². The van der Waals surface area contributed by atoms with Gasteiger partial charge in [-0.25, -0.2) is 8.42 Å². The molecule has 2 N–H and O–H groups in total. The van der Waals surface area contributed by atoms with Crippen LogP contribution in [0.2, 0.25) is 0 Å². The predicted molar refractivity (Wildman–Crippen MR) is 98.6 cm³/mol. The van der Waals surface area contributed by atoms with Gasteiger partial charge in [-0.3, -0.25) is 9.52 Å². The van der Waals surface area contributed by atoms with Gasteiger partial charge in [0.2, 0.25) is 15.9 Å². The van der Waals surface area contributed by atoms with Crippen LogP contribution >= 0.6 is 0 Å². The average molecular weight is 362 g/mol. The molecule has 0 aliphatic heterocycles. The molecule has 0 radical (unpaired) electrons. The number of aryl methyl sites for hydroxylation is 1. The SMILES string of the molecule is CC(CCc1ccco1)NC(=O)/C=C/c1ccc(NS(C)(=O)=O)cc1. The van der Waals surface area contributed by atoms with E-state index in [0.29, 0.717) is 5.69 Å². The number of benzene rings is 1. The van der Waals surface area contributed by atoms with Crippen molar-refractivity contribution >= 4 is 27.7 Å². The summed E-state index contributed by atoms with van der Waals surface area (Å²) in [6, 6.07) is 10.5. The maximum Gasteiger partial charge on any atom is 0.244 e. The highest BCUT2D eigenvalue weighted by molar-refractivity contribution is 7.92. The lowest BCUT2D eigenvalue weighted by Gasteiger charge is -2.11. The zero-order valence-electron chi connectivity index (χ0n) is 14.2. The Kier molecular flexibility index (Phi) is 6.41. The summed E-state index contributed by atoms with van der Waals surface area (Å²) >= 11 is 0. The van der Waals surface area contributed by atoms with Gasteiger partial charge in [0.25, 0.3) is 0 Å². The van der Waals surface area contributed by atoms with Crippen LogP contribution in [0.25, 0.3) is 6.08 Å². The summed E-state index contributed by atoms with van der Waals surface area (Å²) in [4.78, 5) is 11.9. The third kappa shape index (κ3) is 7.26. The van der Waals surface area contributed by atoms with E-state index < -0.39 is 10.0 Å². The van der Waals surface area contributed by atoms with Crippen LogP contribution in [0.15, 0.2) is 53.2 Å². The molecule has 7 heteroatoms. The summed E-state index contributed by atoms with van der Waals surface area (Å²) in [5, 5.41) is 2.90. The van der Waals surface area contributed by atoms with Crippen molar-refractivity contribution < 1.29 is 17.6 Å². The first-order chi connectivity index (χ1) is 11.8. The van der Waals surface area contributed by atoms with E-state index in [-0.39, 0.29) is 11.9 Å². The minimum atomic E-state index is -3.29. The van der Waals surface area contributed by atoms with Crippen LogP contribution in [0.4, 0.5) is 5.69 Å². The van der Waals surface area contributed by atoms with Crippen LogP contribution in [0, 0.1) is 0 Å². The average Bonchev–Trinajstić information content (AvgIpc) is 3.04. The van der Waals surface area contributed by atoms with Gasteiger partial charge in [0, 0.05) is 24.2 Å². The number of sulfonamides is 1. The number of hydrogen-bond acceptors (Lipinski definition) is 4. The third-order valence-corrected chi connectivity index (χ3v) is 4.04. The van der Waals surface area contributed by atoms with E-state index in [1.165, 1.54) is 6.08 Å². The molecule has 2 rings (SSSR count). The summed E-state index contributed by atoms with van der Waals surface area (Å²) < 4.78 is 29.9. The van der Waals surface area contributed by atoms with Crippen molar-refractivity contribution in [3.8, 4) is 0 Å². The molecular formula is C18H22N2O4S. The van der Waals surface area contributed by atoms with Crippen molar-refractivity contribution in [2.24, 2.45) is 0 Å². The minimum absolute atomic E-state index is 0.0311. The molecule has 0 saturated heterocycles. The monoisotopic (exact) mass is 362 g/mol. The van der Waals surface area contributed by atoms with Crippen molar-refractivity contribution in [2.45, 2.75) is 25.8 Å². The van der Waals surface area contributed by atoms with Gasteiger partial charge >= 0.3 is 0 Å². The summed E-state index contributed by atoms with van der Waals surface area (Å²) in [6.45, 7) is 1.94. The van der Waals surface area contributed by atoms with Crippen molar-refractivity contribution in [1.82, 2.24) is 5.32 Å². The highest BCUT2D eigenvalue weighted by Crippen LogP contribution is 2.12. The lowest BCUT2D eigenvalue weighted by atomic mass is 10.1. The lowest BCUT2D eigenvalue weighted by Crippen LogP contribution is -2.31. The van der Waals surface area contributed by atoms with Crippen LogP contribution in [0.3, 0.4) is 0 Å². The van der Waals surface area contributed by atoms with E-state index in [2.05, 4.69) is 10.0 Å². The number of furan rings is 1. The smallest absolute Gasteiger partial charge is 0.244 e. The topological polar surface area (TPSA) is 88.4 Å². The maximum absolute atomic E-state index is 11.9. The van der Waals surface area contributed by atoms with Crippen LogP contribution in [-0.4, -0.2) is 26.6 Å². The van der Waals surface area contributed by atoms with Gasteiger partial charge in [0.1, 0.15) is 5.76 Å². The Balaban J connectivity index is 1.80. The molecule has 134 valence electrons. The molecule has 0 fully saturated rings. The second kappa shape index (κ2) is 8.53. The van der Waals surface area contributed by atoms with E-state index >= 15 is 0 Å². The quantitative estimate of drug-likeness (QED) is 0.707. The molecule has 0 bridgehead atoms. The molecule has 0 aliphatic rings. The molecule has 0 spiro atoms. The maximum atomic E-state index is 11.9. The molecule has 1 atom stereocenters. The molecule has 0 saturated carbocycles. The number of carbonyl (C=O) groups excluding carboxylic acids is 1. The zero-order chi connectivity index (χ0) is 18.3. The number of carbonyl (C=O) groups is 1. The summed E-state index contributed by atoms with van der Waals surface area (Å²) in [5.41, 5.74) is 1.29. The predicted octanol–water partition coefficient (Wildman–Crippen LogP) is 2.80. The molecule has 1 unspecified atom stereocenters. The molecular weight excluding hydrogens is 340 g/mol. The first-order valence-corrected chi connectivity index (χ1v) is 9.80. The Labute approximate surface area is 148 Å². The Bertz CT molecular complexity index is 809. The number of nitrogens with one attached hydrogen (secondary N) is 2. The molecule has 1 amide bonds. The van der Waals surface area contributed by atoms with Gasteiger partial charge in [-0.2, -0.15) is 0 Å². The van der Waals surface area contributed by atoms with Crippen LogP contribution in [0.1, 0.15) is 24.7 Å². The highest BCUT2D eigenvalue weighted by atomic mass is 32.2. The lowest BCUT2D eigenvalue weighted by molar-refractivity contribution is -0.117. The van der Waals surface area contributed by atoms with Crippen molar-refractivity contribution in [3.63, 3.8) is 0 Å². The third-order valence-electron chi connectivity index (χ3n) is 3.43. The molecule has 25 heavy (non-hydrogen) atoms. The second-order valence-electron chi connectivity index (χ2n) is 5.86. The molecule has 6 nitrogen and oxygen atoms in total. The van der Waals surface area contributed by atoms with Gasteiger partial charge in [-0.1, -0.05) is 12.1 Å². The van der Waals surface area contributed by atoms with Crippen LogP contribution in [0.5, 0.6) is 0 Å². The van der Waals surface area contributed by atoms with Gasteiger partial charge < -0.3 is 9.73 Å². The van der Waals surface area contributed by atoms with E-state index in [1.54, 1.807) is 36.6 Å². The van der Waals surface area contributed by atoms with Crippen LogP contribution < -0.4 is 10.0 Å². The van der Waals surface area contributed by atoms with Crippen molar-refractivity contribution in [3.05, 3.63) is 60.1 Å². The van der Waals surface area contributed by atoms with E-state index in [1.807, 2.05) is 19.1 Å². The molecule has 0 aliphatic carbocycles. The minimum Gasteiger partial charge on any atom is -0.469 e. The normalized spacial score (nSPS) is 12.9. The Morgan fingerprint density at radius 1 is 1.24 bits per heavy atom. The summed E-state index contributed by atoms with van der Waals surface area (Å²) in [6.07, 6.45) is 7.43. The van der Waals surface area contributed by atoms with Crippen molar-refractivity contribution in [1.29, 1.82) is 0 Å². The van der Waals surface area contributed by atoms with E-state index in [9.17, 15) is 13.2 Å². The number of amides is 1. The standard InChI is InChI=1S/C18H22N2O4S/c1-14(5-11-17-4-3-13-24-17)19-18(21)12-8-15-6-9-16(10-7-15)20-25(2,22)23/h3-4,6-10,12-14,20H,5,11H2,1-2H3,(H,19,21)/b12-8+. The first-order valence-electron chi connectivity index (χ1n) is 7.90. The largest absolute Gasteiger partial charge is 0.469 e. The Morgan fingerprint density at radius 2 is 1.96 bits per heavy atom. The van der Waals surface area contributed by atoms with Crippen molar-refractivity contribution in [2.75, 3.05) is 11.0 Å². The van der Waals surface area contributed by atoms with Gasteiger partial charge in [0.15, 0.2) is 0 Å². The fraction of sp³-hybridized carbons (Fsp3) is 0.278. The molecule has 2 aromatic rings. The fourth-order valence-corrected chi connectivity index (χ4v) is 2.79. The molecule has 1 aromatic heterocycles. The molecule has 1 heterocycles. The number of hydrogen-bond donors (Lipinski definition) is 2. The Hall–Kier alpha value is -2.54.